The van der Waals surface area contributed by atoms with Crippen LogP contribution in [0.1, 0.15) is 24.8 Å². The Morgan fingerprint density at radius 3 is 2.75 bits per heavy atom. The highest BCUT2D eigenvalue weighted by molar-refractivity contribution is 7.99. The molecule has 2 atom stereocenters. The Morgan fingerprint density at radius 2 is 2.10 bits per heavy atom. The summed E-state index contributed by atoms with van der Waals surface area (Å²) in [6.07, 6.45) is 1.18. The molecule has 1 aromatic rings. The topological polar surface area (TPSA) is 20.3 Å². The average molecular weight is 312 g/mol. The summed E-state index contributed by atoms with van der Waals surface area (Å²) in [7, 11) is 2.18. The summed E-state index contributed by atoms with van der Waals surface area (Å²) in [6.45, 7) is 3.91. The monoisotopic (exact) mass is 311 g/mol. The molecule has 1 aliphatic rings. The van der Waals surface area contributed by atoms with Crippen molar-refractivity contribution < 1.29 is 4.79 Å². The van der Waals surface area contributed by atoms with E-state index in [1.165, 1.54) is 12.0 Å². The molecule has 1 saturated heterocycles. The van der Waals surface area contributed by atoms with Crippen LogP contribution in [0.3, 0.4) is 0 Å². The molecule has 0 amide bonds. The maximum absolute atomic E-state index is 11.1. The third-order valence-corrected chi connectivity index (χ3v) is 5.40. The summed E-state index contributed by atoms with van der Waals surface area (Å²) in [4.78, 5) is 13.5. The van der Waals surface area contributed by atoms with Crippen LogP contribution in [-0.4, -0.2) is 42.3 Å². The van der Waals surface area contributed by atoms with E-state index in [0.29, 0.717) is 17.6 Å². The van der Waals surface area contributed by atoms with Gasteiger partial charge in [-0.3, -0.25) is 4.79 Å². The lowest BCUT2D eigenvalue weighted by molar-refractivity contribution is -0.114. The predicted octanol–water partition coefficient (Wildman–Crippen LogP) is 3.70. The van der Waals surface area contributed by atoms with Crippen LogP contribution in [0.5, 0.6) is 0 Å². The number of halogens is 1. The summed E-state index contributed by atoms with van der Waals surface area (Å²) in [6, 6.07) is 8.27. The second-order valence-corrected chi connectivity index (χ2v) is 7.15. The van der Waals surface area contributed by atoms with Crippen molar-refractivity contribution in [2.24, 2.45) is 5.92 Å². The van der Waals surface area contributed by atoms with Crippen molar-refractivity contribution in [2.45, 2.75) is 19.3 Å². The van der Waals surface area contributed by atoms with Crippen molar-refractivity contribution in [3.8, 4) is 0 Å². The molecule has 1 aliphatic heterocycles. The number of Topliss-reactive ketones (excluding diaryl/α,β-unsaturated/α-hetero) is 1. The van der Waals surface area contributed by atoms with Crippen molar-refractivity contribution in [1.29, 1.82) is 0 Å². The van der Waals surface area contributed by atoms with Gasteiger partial charge in [0.15, 0.2) is 0 Å². The fraction of sp³-hybridized carbons (Fsp3) is 0.562. The minimum atomic E-state index is 0.266. The third kappa shape index (κ3) is 4.51. The Bertz CT molecular complexity index is 448. The van der Waals surface area contributed by atoms with E-state index in [9.17, 15) is 4.79 Å². The van der Waals surface area contributed by atoms with Crippen LogP contribution in [0, 0.1) is 5.92 Å². The second kappa shape index (κ2) is 7.48. The molecule has 4 heteroatoms. The van der Waals surface area contributed by atoms with E-state index in [2.05, 4.69) is 24.1 Å². The van der Waals surface area contributed by atoms with Crippen LogP contribution >= 0.6 is 23.4 Å². The van der Waals surface area contributed by atoms with Gasteiger partial charge >= 0.3 is 0 Å². The summed E-state index contributed by atoms with van der Waals surface area (Å²) >= 11 is 7.75. The van der Waals surface area contributed by atoms with Crippen LogP contribution in [-0.2, 0) is 4.79 Å². The van der Waals surface area contributed by atoms with Gasteiger partial charge in [0.25, 0.3) is 0 Å². The quantitative estimate of drug-likeness (QED) is 0.827. The molecule has 2 rings (SSSR count). The molecular weight excluding hydrogens is 290 g/mol. The van der Waals surface area contributed by atoms with E-state index in [-0.39, 0.29) is 5.78 Å². The van der Waals surface area contributed by atoms with E-state index in [4.69, 9.17) is 11.6 Å². The Morgan fingerprint density at radius 1 is 1.40 bits per heavy atom. The van der Waals surface area contributed by atoms with Crippen molar-refractivity contribution in [1.82, 2.24) is 4.90 Å². The first kappa shape index (κ1) is 15.9. The maximum atomic E-state index is 11.1. The largest absolute Gasteiger partial charge is 0.306 e. The van der Waals surface area contributed by atoms with Gasteiger partial charge in [0.1, 0.15) is 5.78 Å². The standard InChI is InChI=1S/C16H22ClNOS/c1-12(19)10-20-11-14-9-18(2)8-7-16(14)13-3-5-15(17)6-4-13/h3-6,14,16H,7-11H2,1-2H3/t14-,16+/m1/s1. The number of hydrogen-bond acceptors (Lipinski definition) is 3. The van der Waals surface area contributed by atoms with E-state index >= 15 is 0 Å². The van der Waals surface area contributed by atoms with Crippen LogP contribution in [0.25, 0.3) is 0 Å². The smallest absolute Gasteiger partial charge is 0.139 e. The SMILES string of the molecule is CC(=O)CSC[C@H]1CN(C)CC[C@H]1c1ccc(Cl)cc1. The molecule has 1 fully saturated rings. The number of thioether (sulfide) groups is 1. The molecule has 0 bridgehead atoms. The lowest BCUT2D eigenvalue weighted by atomic mass is 9.81. The fourth-order valence-corrected chi connectivity index (χ4v) is 4.06. The minimum Gasteiger partial charge on any atom is -0.306 e. The van der Waals surface area contributed by atoms with Gasteiger partial charge in [0, 0.05) is 11.6 Å². The summed E-state index contributed by atoms with van der Waals surface area (Å²) < 4.78 is 0. The summed E-state index contributed by atoms with van der Waals surface area (Å²) in [5, 5.41) is 0.796. The fourth-order valence-electron chi connectivity index (χ4n) is 2.89. The molecule has 0 unspecified atom stereocenters. The van der Waals surface area contributed by atoms with Crippen LogP contribution in [0.2, 0.25) is 5.02 Å². The summed E-state index contributed by atoms with van der Waals surface area (Å²) in [5.41, 5.74) is 1.39. The zero-order chi connectivity index (χ0) is 14.5. The highest BCUT2D eigenvalue weighted by Crippen LogP contribution is 2.35. The molecule has 110 valence electrons. The molecule has 2 nitrogen and oxygen atoms in total. The van der Waals surface area contributed by atoms with Crippen LogP contribution in [0.4, 0.5) is 0 Å². The Hall–Kier alpha value is -0.510. The molecule has 0 aliphatic carbocycles. The van der Waals surface area contributed by atoms with Crippen molar-refractivity contribution >= 4 is 29.1 Å². The Kier molecular flexibility index (Phi) is 5.94. The number of carbonyl (C=O) groups is 1. The first-order valence-electron chi connectivity index (χ1n) is 7.07. The lowest BCUT2D eigenvalue weighted by Gasteiger charge is -2.37. The van der Waals surface area contributed by atoms with Gasteiger partial charge in [0.05, 0.1) is 5.75 Å². The number of piperidine rings is 1. The molecule has 1 aromatic carbocycles. The zero-order valence-corrected chi connectivity index (χ0v) is 13.7. The lowest BCUT2D eigenvalue weighted by Crippen LogP contribution is -2.38. The van der Waals surface area contributed by atoms with Gasteiger partial charge in [-0.15, -0.1) is 0 Å². The van der Waals surface area contributed by atoms with Gasteiger partial charge in [-0.1, -0.05) is 23.7 Å². The molecular formula is C16H22ClNOS. The van der Waals surface area contributed by atoms with Gasteiger partial charge in [0.2, 0.25) is 0 Å². The molecule has 1 heterocycles. The zero-order valence-electron chi connectivity index (χ0n) is 12.1. The highest BCUT2D eigenvalue weighted by atomic mass is 35.5. The van der Waals surface area contributed by atoms with Crippen molar-refractivity contribution in [2.75, 3.05) is 31.6 Å². The molecule has 0 N–H and O–H groups in total. The van der Waals surface area contributed by atoms with Gasteiger partial charge in [-0.25, -0.2) is 0 Å². The molecule has 0 aromatic heterocycles. The molecule has 20 heavy (non-hydrogen) atoms. The predicted molar refractivity (Wildman–Crippen MR) is 87.8 cm³/mol. The van der Waals surface area contributed by atoms with Crippen molar-refractivity contribution in [3.63, 3.8) is 0 Å². The van der Waals surface area contributed by atoms with Crippen molar-refractivity contribution in [3.05, 3.63) is 34.9 Å². The number of rotatable bonds is 5. The second-order valence-electron chi connectivity index (χ2n) is 5.69. The number of ketones is 1. The third-order valence-electron chi connectivity index (χ3n) is 3.87. The highest BCUT2D eigenvalue weighted by Gasteiger charge is 2.28. The molecule has 0 spiro atoms. The normalized spacial score (nSPS) is 23.8. The minimum absolute atomic E-state index is 0.266. The van der Waals surface area contributed by atoms with Crippen LogP contribution in [0.15, 0.2) is 24.3 Å². The first-order chi connectivity index (χ1) is 9.56. The Balaban J connectivity index is 2.03. The number of nitrogens with zero attached hydrogens (tertiary/aromatic N) is 1. The van der Waals surface area contributed by atoms with E-state index in [1.54, 1.807) is 18.7 Å². The maximum Gasteiger partial charge on any atom is 0.139 e. The van der Waals surface area contributed by atoms with Gasteiger partial charge < -0.3 is 4.90 Å². The number of carbonyl (C=O) groups excluding carboxylic acids is 1. The number of likely N-dealkylation sites (tertiary alicyclic amines) is 1. The summed E-state index contributed by atoms with van der Waals surface area (Å²) in [5.74, 6) is 3.15. The van der Waals surface area contributed by atoms with E-state index in [1.807, 2.05) is 12.1 Å². The number of benzene rings is 1. The van der Waals surface area contributed by atoms with Gasteiger partial charge in [-0.05, 0) is 62.2 Å². The average Bonchev–Trinajstić information content (AvgIpc) is 2.40. The Labute approximate surface area is 130 Å². The van der Waals surface area contributed by atoms with Crippen LogP contribution < -0.4 is 0 Å². The van der Waals surface area contributed by atoms with Gasteiger partial charge in [-0.2, -0.15) is 11.8 Å². The molecule has 0 radical (unpaired) electrons. The van der Waals surface area contributed by atoms with E-state index in [0.717, 1.165) is 23.9 Å². The first-order valence-corrected chi connectivity index (χ1v) is 8.60. The number of hydrogen-bond donors (Lipinski definition) is 0. The van der Waals surface area contributed by atoms with E-state index < -0.39 is 0 Å². The molecule has 0 saturated carbocycles.